The maximum absolute atomic E-state index is 13.1. The van der Waals surface area contributed by atoms with Crippen LogP contribution in [0.3, 0.4) is 0 Å². The molecule has 28 heavy (non-hydrogen) atoms. The molecular formula is C15H12Cl2F3N3O5. The van der Waals surface area contributed by atoms with Gasteiger partial charge in [0.25, 0.3) is 0 Å². The fraction of sp³-hybridized carbons (Fsp3) is 0.267. The molecule has 1 aromatic carbocycles. The Bertz CT molecular complexity index is 931. The molecular weight excluding hydrogens is 430 g/mol. The van der Waals surface area contributed by atoms with Crippen molar-refractivity contribution in [1.82, 2.24) is 9.78 Å². The van der Waals surface area contributed by atoms with Gasteiger partial charge in [0.15, 0.2) is 17.5 Å². The van der Waals surface area contributed by atoms with Crippen LogP contribution >= 0.6 is 23.2 Å². The zero-order chi connectivity index (χ0) is 21.2. The number of rotatable bonds is 6. The van der Waals surface area contributed by atoms with E-state index in [0.717, 1.165) is 10.7 Å². The number of ether oxygens (including phenoxy) is 2. The van der Waals surface area contributed by atoms with Gasteiger partial charge in [0.05, 0.1) is 21.8 Å². The van der Waals surface area contributed by atoms with Gasteiger partial charge < -0.3 is 19.8 Å². The van der Waals surface area contributed by atoms with Crippen LogP contribution < -0.4 is 9.47 Å². The molecule has 0 spiro atoms. The third-order valence-corrected chi connectivity index (χ3v) is 3.92. The van der Waals surface area contributed by atoms with E-state index < -0.39 is 35.4 Å². The number of aromatic nitrogens is 2. The summed E-state index contributed by atoms with van der Waals surface area (Å²) >= 11 is 12.0. The zero-order valence-electron chi connectivity index (χ0n) is 14.2. The van der Waals surface area contributed by atoms with E-state index in [9.17, 15) is 18.0 Å². The Morgan fingerprint density at radius 2 is 1.93 bits per heavy atom. The van der Waals surface area contributed by atoms with E-state index in [1.54, 1.807) is 0 Å². The lowest BCUT2D eigenvalue weighted by Gasteiger charge is -2.15. The number of benzene rings is 1. The average molecular weight is 442 g/mol. The van der Waals surface area contributed by atoms with E-state index >= 15 is 0 Å². The van der Waals surface area contributed by atoms with Gasteiger partial charge in [-0.1, -0.05) is 28.4 Å². The van der Waals surface area contributed by atoms with Gasteiger partial charge in [-0.3, -0.25) is 0 Å². The van der Waals surface area contributed by atoms with Crippen LogP contribution in [0.2, 0.25) is 10.0 Å². The minimum absolute atomic E-state index is 0.0384. The molecule has 0 saturated heterocycles. The van der Waals surface area contributed by atoms with E-state index in [1.807, 2.05) is 0 Å². The Balaban J connectivity index is 2.51. The fourth-order valence-corrected chi connectivity index (χ4v) is 2.52. The van der Waals surface area contributed by atoms with Crippen LogP contribution in [0, 0.1) is 0 Å². The number of carboxylic acid groups (broad SMARTS) is 1. The number of carbonyl (C=O) groups is 1. The number of halogens is 5. The zero-order valence-corrected chi connectivity index (χ0v) is 15.7. The molecule has 1 atom stereocenters. The van der Waals surface area contributed by atoms with Gasteiger partial charge in [-0.25, -0.2) is 9.48 Å². The Morgan fingerprint density at radius 3 is 2.46 bits per heavy atom. The lowest BCUT2D eigenvalue weighted by molar-refractivity contribution is -0.144. The Labute approximate surface area is 165 Å². The van der Waals surface area contributed by atoms with Crippen molar-refractivity contribution >= 4 is 35.4 Å². The lowest BCUT2D eigenvalue weighted by atomic mass is 10.2. The van der Waals surface area contributed by atoms with Crippen molar-refractivity contribution in [3.05, 3.63) is 33.4 Å². The summed E-state index contributed by atoms with van der Waals surface area (Å²) in [7, 11) is 1.17. The molecule has 0 aliphatic heterocycles. The first-order chi connectivity index (χ1) is 13.0. The summed E-state index contributed by atoms with van der Waals surface area (Å²) in [4.78, 5) is 10.9. The molecule has 13 heteroatoms. The largest absolute Gasteiger partial charge is 0.479 e. The van der Waals surface area contributed by atoms with Crippen LogP contribution in [0.4, 0.5) is 13.2 Å². The standard InChI is InChI=1S/C15H12Cl2F3N3O5/c1-6(14(24)25)27-10-4-11(9(17)3-8(10)16)28-13-7(5-21-26)12(15(18,19)20)22-23(13)2/h3-6,26H,1-2H3,(H,24,25)/b21-5+/t6-/m0/s1. The highest BCUT2D eigenvalue weighted by Gasteiger charge is 2.39. The van der Waals surface area contributed by atoms with Crippen LogP contribution in [0.5, 0.6) is 17.4 Å². The van der Waals surface area contributed by atoms with Crippen molar-refractivity contribution in [3.8, 4) is 17.4 Å². The number of alkyl halides is 3. The third kappa shape index (κ3) is 4.60. The van der Waals surface area contributed by atoms with Crippen molar-refractivity contribution in [3.63, 3.8) is 0 Å². The molecule has 0 bridgehead atoms. The number of hydrogen-bond acceptors (Lipinski definition) is 6. The molecule has 0 aliphatic carbocycles. The van der Waals surface area contributed by atoms with Gasteiger partial charge in [-0.2, -0.15) is 18.3 Å². The number of oxime groups is 1. The van der Waals surface area contributed by atoms with E-state index in [0.29, 0.717) is 6.21 Å². The first kappa shape index (κ1) is 21.6. The van der Waals surface area contributed by atoms with Crippen LogP contribution in [0.15, 0.2) is 17.3 Å². The Morgan fingerprint density at radius 1 is 1.32 bits per heavy atom. The molecule has 0 unspecified atom stereocenters. The maximum atomic E-state index is 13.1. The third-order valence-electron chi connectivity index (χ3n) is 3.33. The van der Waals surface area contributed by atoms with Crippen LogP contribution in [-0.4, -0.2) is 38.4 Å². The van der Waals surface area contributed by atoms with Gasteiger partial charge in [0.2, 0.25) is 5.88 Å². The molecule has 1 heterocycles. The molecule has 2 aromatic rings. The molecule has 0 radical (unpaired) electrons. The summed E-state index contributed by atoms with van der Waals surface area (Å²) in [6.45, 7) is 1.25. The first-order valence-electron chi connectivity index (χ1n) is 7.33. The van der Waals surface area contributed by atoms with Crippen molar-refractivity contribution in [2.75, 3.05) is 0 Å². The maximum Gasteiger partial charge on any atom is 0.435 e. The number of hydrogen-bond donors (Lipinski definition) is 2. The average Bonchev–Trinajstić information content (AvgIpc) is 2.88. The molecule has 0 aliphatic rings. The number of aryl methyl sites for hydroxylation is 1. The lowest BCUT2D eigenvalue weighted by Crippen LogP contribution is -2.23. The molecule has 2 rings (SSSR count). The second kappa shape index (κ2) is 8.15. The summed E-state index contributed by atoms with van der Waals surface area (Å²) in [5.74, 6) is -2.02. The number of nitrogens with zero attached hydrogens (tertiary/aromatic N) is 3. The SMILES string of the molecule is C[C@H](Oc1cc(Oc2c(/C=N/O)c(C(F)(F)F)nn2C)c(Cl)cc1Cl)C(=O)O. The van der Waals surface area contributed by atoms with E-state index in [1.165, 1.54) is 20.0 Å². The summed E-state index contributed by atoms with van der Waals surface area (Å²) in [5.41, 5.74) is -1.99. The van der Waals surface area contributed by atoms with Crippen molar-refractivity contribution in [1.29, 1.82) is 0 Å². The second-order valence-electron chi connectivity index (χ2n) is 5.35. The molecule has 8 nitrogen and oxygen atoms in total. The summed E-state index contributed by atoms with van der Waals surface area (Å²) in [5, 5.41) is 23.4. The topological polar surface area (TPSA) is 106 Å². The van der Waals surface area contributed by atoms with Crippen LogP contribution in [0.25, 0.3) is 0 Å². The van der Waals surface area contributed by atoms with Gasteiger partial charge in [0, 0.05) is 13.1 Å². The molecule has 1 aromatic heterocycles. The van der Waals surface area contributed by atoms with E-state index in [2.05, 4.69) is 10.3 Å². The molecule has 2 N–H and O–H groups in total. The highest BCUT2D eigenvalue weighted by Crippen LogP contribution is 2.41. The van der Waals surface area contributed by atoms with Gasteiger partial charge >= 0.3 is 12.1 Å². The quantitative estimate of drug-likeness (QED) is 0.395. The van der Waals surface area contributed by atoms with E-state index in [4.69, 9.17) is 43.0 Å². The van der Waals surface area contributed by atoms with Gasteiger partial charge in [-0.05, 0) is 13.0 Å². The highest BCUT2D eigenvalue weighted by molar-refractivity contribution is 6.36. The monoisotopic (exact) mass is 441 g/mol. The predicted molar refractivity (Wildman–Crippen MR) is 91.9 cm³/mol. The Hall–Kier alpha value is -2.66. The number of aliphatic carboxylic acids is 1. The summed E-state index contributed by atoms with van der Waals surface area (Å²) in [6.07, 6.45) is -5.60. The molecule has 0 saturated carbocycles. The molecule has 152 valence electrons. The minimum atomic E-state index is -4.84. The molecule has 0 amide bonds. The summed E-state index contributed by atoms with van der Waals surface area (Å²) in [6, 6.07) is 2.29. The number of carboxylic acids is 1. The smallest absolute Gasteiger partial charge is 0.435 e. The van der Waals surface area contributed by atoms with Gasteiger partial charge in [0.1, 0.15) is 5.75 Å². The molecule has 0 fully saturated rings. The normalized spacial score (nSPS) is 13.0. The van der Waals surface area contributed by atoms with Crippen molar-refractivity contribution in [2.24, 2.45) is 12.2 Å². The second-order valence-corrected chi connectivity index (χ2v) is 6.16. The van der Waals surface area contributed by atoms with Crippen molar-refractivity contribution in [2.45, 2.75) is 19.2 Å². The first-order valence-corrected chi connectivity index (χ1v) is 8.09. The predicted octanol–water partition coefficient (Wildman–Crippen LogP) is 4.20. The summed E-state index contributed by atoms with van der Waals surface area (Å²) < 4.78 is 50.7. The Kier molecular flexibility index (Phi) is 6.30. The highest BCUT2D eigenvalue weighted by atomic mass is 35.5. The minimum Gasteiger partial charge on any atom is -0.479 e. The van der Waals surface area contributed by atoms with Crippen molar-refractivity contribution < 1.29 is 37.8 Å². The van der Waals surface area contributed by atoms with Gasteiger partial charge in [-0.15, -0.1) is 0 Å². The van der Waals surface area contributed by atoms with Crippen LogP contribution in [0.1, 0.15) is 18.2 Å². The van der Waals surface area contributed by atoms with E-state index in [-0.39, 0.29) is 21.5 Å². The van der Waals surface area contributed by atoms with Crippen LogP contribution in [-0.2, 0) is 18.0 Å². The fourth-order valence-electron chi connectivity index (χ4n) is 2.05.